The van der Waals surface area contributed by atoms with Crippen molar-refractivity contribution in [2.45, 2.75) is 13.3 Å². The zero-order valence-corrected chi connectivity index (χ0v) is 14.6. The van der Waals surface area contributed by atoms with E-state index in [1.54, 1.807) is 56.7 Å². The van der Waals surface area contributed by atoms with E-state index in [1.807, 2.05) is 6.92 Å². The Morgan fingerprint density at radius 2 is 1.80 bits per heavy atom. The lowest BCUT2D eigenvalue weighted by Gasteiger charge is -2.07. The fourth-order valence-corrected chi connectivity index (χ4v) is 2.09. The highest BCUT2D eigenvalue weighted by molar-refractivity contribution is 5.95. The molecule has 0 fully saturated rings. The fraction of sp³-hybridized carbons (Fsp3) is 0.263. The van der Waals surface area contributed by atoms with Crippen LogP contribution in [0.5, 0.6) is 17.2 Å². The Kier molecular flexibility index (Phi) is 6.83. The molecule has 0 heterocycles. The molecule has 0 bridgehead atoms. The molecule has 0 aliphatic carbocycles. The topological polar surface area (TPSA) is 69.2 Å². The Bertz CT molecular complexity index is 727. The second kappa shape index (κ2) is 9.32. The molecule has 0 saturated carbocycles. The monoisotopic (exact) mass is 342 g/mol. The number of rotatable bonds is 8. The van der Waals surface area contributed by atoms with E-state index >= 15 is 0 Å². The van der Waals surface area contributed by atoms with Gasteiger partial charge in [-0.2, -0.15) is 5.10 Å². The van der Waals surface area contributed by atoms with Crippen LogP contribution in [-0.4, -0.2) is 32.9 Å². The zero-order chi connectivity index (χ0) is 18.1. The summed E-state index contributed by atoms with van der Waals surface area (Å²) in [6.45, 7) is 2.69. The van der Waals surface area contributed by atoms with Crippen LogP contribution in [0.15, 0.2) is 47.6 Å². The van der Waals surface area contributed by atoms with Crippen LogP contribution in [0.25, 0.3) is 0 Å². The minimum Gasteiger partial charge on any atom is -0.497 e. The lowest BCUT2D eigenvalue weighted by molar-refractivity contribution is 0.0955. The number of hydrogen-bond donors (Lipinski definition) is 1. The van der Waals surface area contributed by atoms with Crippen molar-refractivity contribution in [1.29, 1.82) is 0 Å². The maximum atomic E-state index is 12.1. The van der Waals surface area contributed by atoms with Crippen LogP contribution < -0.4 is 19.6 Å². The second-order valence-electron chi connectivity index (χ2n) is 5.18. The van der Waals surface area contributed by atoms with Crippen LogP contribution in [0.2, 0.25) is 0 Å². The van der Waals surface area contributed by atoms with Gasteiger partial charge in [0.2, 0.25) is 0 Å². The molecular formula is C19H22N2O4. The molecule has 25 heavy (non-hydrogen) atoms. The van der Waals surface area contributed by atoms with Crippen molar-refractivity contribution in [1.82, 2.24) is 5.43 Å². The summed E-state index contributed by atoms with van der Waals surface area (Å²) in [6, 6.07) is 12.3. The molecule has 2 aromatic carbocycles. The van der Waals surface area contributed by atoms with Crippen molar-refractivity contribution in [3.8, 4) is 17.2 Å². The SMILES string of the molecule is CCCOc1ccc(C(=O)N/N=C/c2cc(OC)ccc2OC)cc1. The first-order valence-corrected chi connectivity index (χ1v) is 7.96. The Labute approximate surface area is 147 Å². The van der Waals surface area contributed by atoms with Crippen molar-refractivity contribution < 1.29 is 19.0 Å². The predicted octanol–water partition coefficient (Wildman–Crippen LogP) is 3.26. The fourth-order valence-electron chi connectivity index (χ4n) is 2.09. The molecule has 0 atom stereocenters. The van der Waals surface area contributed by atoms with Crippen molar-refractivity contribution in [2.75, 3.05) is 20.8 Å². The number of amides is 1. The van der Waals surface area contributed by atoms with Crippen LogP contribution in [0.1, 0.15) is 29.3 Å². The molecular weight excluding hydrogens is 320 g/mol. The van der Waals surface area contributed by atoms with Crippen LogP contribution >= 0.6 is 0 Å². The molecule has 1 N–H and O–H groups in total. The number of benzene rings is 2. The molecule has 6 heteroatoms. The molecule has 0 unspecified atom stereocenters. The van der Waals surface area contributed by atoms with Gasteiger partial charge in [-0.3, -0.25) is 4.79 Å². The van der Waals surface area contributed by atoms with Crippen LogP contribution in [0, 0.1) is 0 Å². The Balaban J connectivity index is 2.00. The number of nitrogens with one attached hydrogen (secondary N) is 1. The highest BCUT2D eigenvalue weighted by Gasteiger charge is 2.06. The first kappa shape index (κ1) is 18.3. The third-order valence-corrected chi connectivity index (χ3v) is 3.40. The number of methoxy groups -OCH3 is 2. The molecule has 132 valence electrons. The van der Waals surface area contributed by atoms with Crippen LogP contribution in [-0.2, 0) is 0 Å². The number of carbonyl (C=O) groups is 1. The van der Waals surface area contributed by atoms with E-state index in [-0.39, 0.29) is 5.91 Å². The van der Waals surface area contributed by atoms with Crippen molar-refractivity contribution >= 4 is 12.1 Å². The first-order valence-electron chi connectivity index (χ1n) is 7.96. The number of nitrogens with zero attached hydrogens (tertiary/aromatic N) is 1. The van der Waals surface area contributed by atoms with E-state index in [0.29, 0.717) is 29.2 Å². The number of hydrazone groups is 1. The molecule has 2 aromatic rings. The average molecular weight is 342 g/mol. The van der Waals surface area contributed by atoms with Gasteiger partial charge in [0.15, 0.2) is 0 Å². The average Bonchev–Trinajstić information content (AvgIpc) is 2.66. The summed E-state index contributed by atoms with van der Waals surface area (Å²) in [4.78, 5) is 12.1. The van der Waals surface area contributed by atoms with Gasteiger partial charge in [-0.25, -0.2) is 5.43 Å². The molecule has 1 amide bonds. The quantitative estimate of drug-likeness (QED) is 0.590. The summed E-state index contributed by atoms with van der Waals surface area (Å²) < 4.78 is 15.9. The van der Waals surface area contributed by atoms with Crippen molar-refractivity contribution in [3.05, 3.63) is 53.6 Å². The molecule has 0 saturated heterocycles. The number of hydrogen-bond acceptors (Lipinski definition) is 5. The summed E-state index contributed by atoms with van der Waals surface area (Å²) >= 11 is 0. The molecule has 0 aromatic heterocycles. The molecule has 0 aliphatic rings. The summed E-state index contributed by atoms with van der Waals surface area (Å²) in [7, 11) is 3.15. The Morgan fingerprint density at radius 3 is 2.44 bits per heavy atom. The van der Waals surface area contributed by atoms with E-state index < -0.39 is 0 Å². The maximum Gasteiger partial charge on any atom is 0.271 e. The predicted molar refractivity (Wildman–Crippen MR) is 96.8 cm³/mol. The minimum absolute atomic E-state index is 0.305. The van der Waals surface area contributed by atoms with Gasteiger partial charge in [-0.1, -0.05) is 6.92 Å². The number of carbonyl (C=O) groups excluding carboxylic acids is 1. The van der Waals surface area contributed by atoms with E-state index in [0.717, 1.165) is 12.2 Å². The molecule has 2 rings (SSSR count). The lowest BCUT2D eigenvalue weighted by atomic mass is 10.2. The van der Waals surface area contributed by atoms with Gasteiger partial charge in [0, 0.05) is 11.1 Å². The summed E-state index contributed by atoms with van der Waals surface area (Å²) in [6.07, 6.45) is 2.45. The largest absolute Gasteiger partial charge is 0.497 e. The Hall–Kier alpha value is -3.02. The summed E-state index contributed by atoms with van der Waals surface area (Å²) in [5.74, 6) is 1.75. The van der Waals surface area contributed by atoms with E-state index in [9.17, 15) is 4.79 Å². The van der Waals surface area contributed by atoms with E-state index in [2.05, 4.69) is 10.5 Å². The molecule has 0 spiro atoms. The van der Waals surface area contributed by atoms with Crippen molar-refractivity contribution in [2.24, 2.45) is 5.10 Å². The molecule has 0 aliphatic heterocycles. The summed E-state index contributed by atoms with van der Waals surface area (Å²) in [5, 5.41) is 3.98. The van der Waals surface area contributed by atoms with Gasteiger partial charge in [0.05, 0.1) is 27.0 Å². The van der Waals surface area contributed by atoms with E-state index in [4.69, 9.17) is 14.2 Å². The zero-order valence-electron chi connectivity index (χ0n) is 14.6. The van der Waals surface area contributed by atoms with Crippen molar-refractivity contribution in [3.63, 3.8) is 0 Å². The van der Waals surface area contributed by atoms with Gasteiger partial charge < -0.3 is 14.2 Å². The molecule has 0 radical (unpaired) electrons. The third kappa shape index (κ3) is 5.24. The minimum atomic E-state index is -0.305. The highest BCUT2D eigenvalue weighted by Crippen LogP contribution is 2.22. The van der Waals surface area contributed by atoms with Gasteiger partial charge in [0.1, 0.15) is 17.2 Å². The maximum absolute atomic E-state index is 12.1. The van der Waals surface area contributed by atoms with E-state index in [1.165, 1.54) is 6.21 Å². The summed E-state index contributed by atoms with van der Waals surface area (Å²) in [5.41, 5.74) is 3.69. The lowest BCUT2D eigenvalue weighted by Crippen LogP contribution is -2.17. The van der Waals surface area contributed by atoms with Crippen LogP contribution in [0.4, 0.5) is 0 Å². The standard InChI is InChI=1S/C19H22N2O4/c1-4-11-25-16-7-5-14(6-8-16)19(22)21-20-13-15-12-17(23-2)9-10-18(15)24-3/h5-10,12-13H,4,11H2,1-3H3,(H,21,22)/b20-13+. The van der Waals surface area contributed by atoms with Crippen LogP contribution in [0.3, 0.4) is 0 Å². The highest BCUT2D eigenvalue weighted by atomic mass is 16.5. The third-order valence-electron chi connectivity index (χ3n) is 3.40. The molecule has 6 nitrogen and oxygen atoms in total. The van der Waals surface area contributed by atoms with Gasteiger partial charge >= 0.3 is 0 Å². The normalized spacial score (nSPS) is 10.5. The van der Waals surface area contributed by atoms with Gasteiger partial charge in [-0.15, -0.1) is 0 Å². The first-order chi connectivity index (χ1) is 12.2. The Morgan fingerprint density at radius 1 is 1.08 bits per heavy atom. The van der Waals surface area contributed by atoms with Gasteiger partial charge in [0.25, 0.3) is 5.91 Å². The second-order valence-corrected chi connectivity index (χ2v) is 5.18. The number of ether oxygens (including phenoxy) is 3. The smallest absolute Gasteiger partial charge is 0.271 e. The van der Waals surface area contributed by atoms with Gasteiger partial charge in [-0.05, 0) is 48.9 Å².